The Labute approximate surface area is 195 Å². The number of carbonyl (C=O) groups excluding carboxylic acids is 1. The minimum atomic E-state index is -0.459. The molecule has 166 valence electrons. The topological polar surface area (TPSA) is 129 Å². The van der Waals surface area contributed by atoms with Crippen molar-refractivity contribution < 1.29 is 9.72 Å². The van der Waals surface area contributed by atoms with Gasteiger partial charge in [0.15, 0.2) is 10.8 Å². The maximum atomic E-state index is 12.5. The van der Waals surface area contributed by atoms with Crippen molar-refractivity contribution in [3.63, 3.8) is 0 Å². The zero-order valence-corrected chi connectivity index (χ0v) is 19.0. The van der Waals surface area contributed by atoms with Gasteiger partial charge < -0.3 is 9.88 Å². The normalized spacial score (nSPS) is 11.4. The van der Waals surface area contributed by atoms with Crippen LogP contribution >= 0.6 is 23.1 Å². The molecular weight excluding hydrogens is 462 g/mol. The van der Waals surface area contributed by atoms with Crippen LogP contribution in [-0.2, 0) is 11.3 Å². The van der Waals surface area contributed by atoms with Crippen LogP contribution in [0, 0.1) is 10.1 Å². The zero-order chi connectivity index (χ0) is 22.9. The molecule has 1 amide bonds. The van der Waals surface area contributed by atoms with Gasteiger partial charge in [-0.25, -0.2) is 9.97 Å². The Hall–Kier alpha value is -3.64. The van der Waals surface area contributed by atoms with Crippen molar-refractivity contribution in [1.82, 2.24) is 24.7 Å². The number of aryl methyl sites for hydroxylation is 1. The quantitative estimate of drug-likeness (QED) is 0.203. The molecule has 0 aliphatic heterocycles. The Kier molecular flexibility index (Phi) is 5.60. The zero-order valence-electron chi connectivity index (χ0n) is 17.4. The number of thiazole rings is 1. The van der Waals surface area contributed by atoms with E-state index in [-0.39, 0.29) is 17.3 Å². The van der Waals surface area contributed by atoms with Gasteiger partial charge >= 0.3 is 0 Å². The molecule has 0 bridgehead atoms. The van der Waals surface area contributed by atoms with E-state index in [4.69, 9.17) is 0 Å². The lowest BCUT2D eigenvalue weighted by Gasteiger charge is -2.04. The lowest BCUT2D eigenvalue weighted by Crippen LogP contribution is -2.14. The summed E-state index contributed by atoms with van der Waals surface area (Å²) in [5.74, 6) is -0.191. The van der Waals surface area contributed by atoms with Crippen molar-refractivity contribution in [2.24, 2.45) is 0 Å². The van der Waals surface area contributed by atoms with E-state index >= 15 is 0 Å². The lowest BCUT2D eigenvalue weighted by atomic mass is 10.2. The summed E-state index contributed by atoms with van der Waals surface area (Å²) in [5, 5.41) is 24.1. The Bertz CT molecular complexity index is 1530. The van der Waals surface area contributed by atoms with Crippen molar-refractivity contribution in [2.75, 3.05) is 11.1 Å². The number of rotatable bonds is 7. The number of para-hydroxylation sites is 1. The predicted octanol–water partition coefficient (Wildman–Crippen LogP) is 4.64. The predicted molar refractivity (Wildman–Crippen MR) is 129 cm³/mol. The summed E-state index contributed by atoms with van der Waals surface area (Å²) in [4.78, 5) is 31.9. The van der Waals surface area contributed by atoms with Crippen LogP contribution in [-0.4, -0.2) is 41.3 Å². The van der Waals surface area contributed by atoms with Crippen molar-refractivity contribution in [2.45, 2.75) is 25.0 Å². The Balaban J connectivity index is 1.32. The Morgan fingerprint density at radius 3 is 2.88 bits per heavy atom. The molecular formula is C21H17N7O3S2. The highest BCUT2D eigenvalue weighted by atomic mass is 32.2. The Morgan fingerprint density at radius 1 is 1.21 bits per heavy atom. The second kappa shape index (κ2) is 8.71. The highest BCUT2D eigenvalue weighted by Crippen LogP contribution is 2.30. The molecule has 10 nitrogen and oxygen atoms in total. The van der Waals surface area contributed by atoms with Gasteiger partial charge in [0, 0.05) is 24.1 Å². The van der Waals surface area contributed by atoms with E-state index in [0.717, 1.165) is 35.0 Å². The lowest BCUT2D eigenvalue weighted by molar-refractivity contribution is -0.384. The van der Waals surface area contributed by atoms with Gasteiger partial charge in [-0.2, -0.15) is 0 Å². The number of carbonyl (C=O) groups is 1. The van der Waals surface area contributed by atoms with Crippen LogP contribution < -0.4 is 5.32 Å². The summed E-state index contributed by atoms with van der Waals surface area (Å²) < 4.78 is 2.76. The van der Waals surface area contributed by atoms with Gasteiger partial charge in [-0.1, -0.05) is 48.2 Å². The van der Waals surface area contributed by atoms with Crippen LogP contribution in [0.5, 0.6) is 0 Å². The van der Waals surface area contributed by atoms with Crippen LogP contribution in [0.15, 0.2) is 47.6 Å². The second-order valence-corrected chi connectivity index (χ2v) is 9.17. The SMILES string of the molecule is CCCn1c2ccccc2c2nnc(SCC(=O)Nc3nc4ccc([N+](=O)[O-])cc4s3)nc21. The molecule has 0 radical (unpaired) electrons. The molecule has 0 aliphatic rings. The average molecular weight is 480 g/mol. The van der Waals surface area contributed by atoms with Gasteiger partial charge in [-0.15, -0.1) is 10.2 Å². The van der Waals surface area contributed by atoms with E-state index in [1.165, 1.54) is 35.2 Å². The number of anilines is 1. The van der Waals surface area contributed by atoms with Crippen molar-refractivity contribution in [3.05, 3.63) is 52.6 Å². The van der Waals surface area contributed by atoms with Crippen molar-refractivity contribution >= 4 is 72.1 Å². The number of amides is 1. The van der Waals surface area contributed by atoms with Gasteiger partial charge in [0.1, 0.15) is 5.52 Å². The minimum Gasteiger partial charge on any atom is -0.324 e. The number of benzene rings is 2. The first-order chi connectivity index (χ1) is 16.0. The van der Waals surface area contributed by atoms with E-state index in [1.54, 1.807) is 6.07 Å². The molecule has 3 aromatic heterocycles. The van der Waals surface area contributed by atoms with Crippen LogP contribution in [0.3, 0.4) is 0 Å². The molecule has 33 heavy (non-hydrogen) atoms. The van der Waals surface area contributed by atoms with Crippen LogP contribution in [0.25, 0.3) is 32.3 Å². The number of nitro groups is 1. The molecule has 0 unspecified atom stereocenters. The summed E-state index contributed by atoms with van der Waals surface area (Å²) in [6.07, 6.45) is 0.952. The molecule has 0 fully saturated rings. The average Bonchev–Trinajstić information content (AvgIpc) is 3.35. The van der Waals surface area contributed by atoms with Crippen LogP contribution in [0.4, 0.5) is 10.8 Å². The number of hydrogen-bond donors (Lipinski definition) is 1. The van der Waals surface area contributed by atoms with E-state index in [1.807, 2.05) is 24.3 Å². The third-order valence-corrected chi connectivity index (χ3v) is 6.73. The van der Waals surface area contributed by atoms with Crippen molar-refractivity contribution in [1.29, 1.82) is 0 Å². The second-order valence-electron chi connectivity index (χ2n) is 7.20. The fourth-order valence-electron chi connectivity index (χ4n) is 3.57. The summed E-state index contributed by atoms with van der Waals surface area (Å²) >= 11 is 2.38. The maximum Gasteiger partial charge on any atom is 0.270 e. The van der Waals surface area contributed by atoms with E-state index < -0.39 is 4.92 Å². The number of non-ortho nitro benzene ring substituents is 1. The molecule has 2 aromatic carbocycles. The van der Waals surface area contributed by atoms with Crippen LogP contribution in [0.1, 0.15) is 13.3 Å². The smallest absolute Gasteiger partial charge is 0.270 e. The highest BCUT2D eigenvalue weighted by Gasteiger charge is 2.16. The summed E-state index contributed by atoms with van der Waals surface area (Å²) in [6.45, 7) is 2.92. The summed E-state index contributed by atoms with van der Waals surface area (Å²) in [6, 6.07) is 12.4. The fraction of sp³-hybridized carbons (Fsp3) is 0.190. The van der Waals surface area contributed by atoms with Gasteiger partial charge in [0.2, 0.25) is 11.1 Å². The molecule has 5 aromatic rings. The molecule has 0 atom stereocenters. The first-order valence-corrected chi connectivity index (χ1v) is 11.9. The number of fused-ring (bicyclic) bond motifs is 4. The largest absolute Gasteiger partial charge is 0.324 e. The van der Waals surface area contributed by atoms with Crippen LogP contribution in [0.2, 0.25) is 0 Å². The molecule has 0 saturated heterocycles. The number of aromatic nitrogens is 5. The maximum absolute atomic E-state index is 12.5. The minimum absolute atomic E-state index is 0.0138. The third kappa shape index (κ3) is 4.10. The van der Waals surface area contributed by atoms with E-state index in [2.05, 4.69) is 37.0 Å². The highest BCUT2D eigenvalue weighted by molar-refractivity contribution is 7.99. The number of nitro benzene ring substituents is 1. The molecule has 0 aliphatic carbocycles. The number of nitrogens with zero attached hydrogens (tertiary/aromatic N) is 6. The molecule has 0 spiro atoms. The number of hydrogen-bond acceptors (Lipinski definition) is 9. The first-order valence-electron chi connectivity index (χ1n) is 10.1. The standard InChI is InChI=1S/C21H17N7O3S2/c1-2-9-27-15-6-4-3-5-13(15)18-19(27)24-21(26-25-18)32-11-17(29)23-20-22-14-8-7-12(28(30)31)10-16(14)33-20/h3-8,10H,2,9,11H2,1H3,(H,22,23,29). The van der Waals surface area contributed by atoms with E-state index in [0.29, 0.717) is 20.5 Å². The first kappa shape index (κ1) is 21.2. The molecule has 0 saturated carbocycles. The fourth-order valence-corrected chi connectivity index (χ4v) is 5.06. The monoisotopic (exact) mass is 479 g/mol. The van der Waals surface area contributed by atoms with Gasteiger partial charge in [0.25, 0.3) is 5.69 Å². The number of thioether (sulfide) groups is 1. The van der Waals surface area contributed by atoms with Gasteiger partial charge in [-0.3, -0.25) is 14.9 Å². The number of nitrogens with one attached hydrogen (secondary N) is 1. The Morgan fingerprint density at radius 2 is 2.06 bits per heavy atom. The summed E-state index contributed by atoms with van der Waals surface area (Å²) in [5.41, 5.74) is 3.14. The van der Waals surface area contributed by atoms with Gasteiger partial charge in [0.05, 0.1) is 26.4 Å². The molecule has 12 heteroatoms. The molecule has 3 heterocycles. The summed E-state index contributed by atoms with van der Waals surface area (Å²) in [7, 11) is 0. The van der Waals surface area contributed by atoms with Gasteiger partial charge in [-0.05, 0) is 18.6 Å². The van der Waals surface area contributed by atoms with E-state index in [9.17, 15) is 14.9 Å². The van der Waals surface area contributed by atoms with Crippen molar-refractivity contribution in [3.8, 4) is 0 Å². The molecule has 1 N–H and O–H groups in total. The third-order valence-electron chi connectivity index (χ3n) is 4.96. The molecule has 5 rings (SSSR count).